The van der Waals surface area contributed by atoms with Crippen molar-refractivity contribution in [3.8, 4) is 0 Å². The first-order chi connectivity index (χ1) is 7.67. The van der Waals surface area contributed by atoms with E-state index in [0.29, 0.717) is 6.54 Å². The summed E-state index contributed by atoms with van der Waals surface area (Å²) in [4.78, 5) is 11.1. The van der Waals surface area contributed by atoms with Gasteiger partial charge in [-0.25, -0.2) is 0 Å². The van der Waals surface area contributed by atoms with E-state index in [1.165, 1.54) is 18.2 Å². The van der Waals surface area contributed by atoms with Crippen molar-refractivity contribution in [3.63, 3.8) is 0 Å². The van der Waals surface area contributed by atoms with Crippen LogP contribution in [0.5, 0.6) is 0 Å². The zero-order chi connectivity index (χ0) is 12.0. The summed E-state index contributed by atoms with van der Waals surface area (Å²) in [5.74, 6) is -0.231. The van der Waals surface area contributed by atoms with E-state index < -0.39 is 0 Å². The molecule has 3 heteroatoms. The minimum absolute atomic E-state index is 0.231. The van der Waals surface area contributed by atoms with E-state index in [4.69, 9.17) is 0 Å². The van der Waals surface area contributed by atoms with Crippen molar-refractivity contribution in [2.24, 2.45) is 0 Å². The summed E-state index contributed by atoms with van der Waals surface area (Å²) in [6.07, 6.45) is 1.05. The Balaban J connectivity index is 2.45. The van der Waals surface area contributed by atoms with Gasteiger partial charge in [-0.2, -0.15) is 0 Å². The van der Waals surface area contributed by atoms with Crippen molar-refractivity contribution in [2.75, 3.05) is 7.11 Å². The molecule has 1 aromatic rings. The van der Waals surface area contributed by atoms with E-state index in [9.17, 15) is 4.79 Å². The second-order valence-electron chi connectivity index (χ2n) is 3.80. The van der Waals surface area contributed by atoms with Crippen molar-refractivity contribution >= 4 is 5.97 Å². The number of hydrogen-bond acceptors (Lipinski definition) is 3. The Hall–Kier alpha value is -1.35. The maximum atomic E-state index is 11.1. The van der Waals surface area contributed by atoms with E-state index >= 15 is 0 Å². The van der Waals surface area contributed by atoms with Crippen LogP contribution in [0.4, 0.5) is 0 Å². The summed E-state index contributed by atoms with van der Waals surface area (Å²) in [6, 6.07) is 8.11. The minimum atomic E-state index is -0.268. The highest BCUT2D eigenvalue weighted by Gasteiger charge is 2.11. The summed E-state index contributed by atoms with van der Waals surface area (Å²) in [5.41, 5.74) is 2.50. The van der Waals surface area contributed by atoms with Crippen LogP contribution in [0.25, 0.3) is 0 Å². The molecule has 0 aliphatic carbocycles. The van der Waals surface area contributed by atoms with Crippen molar-refractivity contribution in [1.82, 2.24) is 5.32 Å². The van der Waals surface area contributed by atoms with Crippen molar-refractivity contribution in [1.29, 1.82) is 0 Å². The van der Waals surface area contributed by atoms with Crippen LogP contribution in [0, 0.1) is 0 Å². The first-order valence-electron chi connectivity index (χ1n) is 5.56. The molecule has 0 unspecified atom stereocenters. The van der Waals surface area contributed by atoms with Gasteiger partial charge in [-0.05, 0) is 24.5 Å². The number of carbonyl (C=O) groups excluding carboxylic acids is 1. The number of ether oxygens (including phenoxy) is 1. The normalized spacial score (nSPS) is 12.2. The van der Waals surface area contributed by atoms with E-state index in [1.54, 1.807) is 6.92 Å². The van der Waals surface area contributed by atoms with Crippen LogP contribution in [0.2, 0.25) is 0 Å². The van der Waals surface area contributed by atoms with Gasteiger partial charge in [0.2, 0.25) is 0 Å². The fourth-order valence-electron chi connectivity index (χ4n) is 1.42. The van der Waals surface area contributed by atoms with Gasteiger partial charge in [0.05, 0.1) is 7.11 Å². The third-order valence-corrected chi connectivity index (χ3v) is 2.60. The number of nitrogens with one attached hydrogen (secondary N) is 1. The molecule has 1 aromatic carbocycles. The van der Waals surface area contributed by atoms with Crippen LogP contribution in [-0.4, -0.2) is 19.1 Å². The molecule has 0 aliphatic rings. The van der Waals surface area contributed by atoms with Gasteiger partial charge in [-0.3, -0.25) is 4.79 Å². The lowest BCUT2D eigenvalue weighted by atomic mass is 10.1. The lowest BCUT2D eigenvalue weighted by Gasteiger charge is -2.11. The number of aryl methyl sites for hydroxylation is 1. The van der Waals surface area contributed by atoms with E-state index in [-0.39, 0.29) is 12.0 Å². The van der Waals surface area contributed by atoms with Gasteiger partial charge in [0.15, 0.2) is 0 Å². The second-order valence-corrected chi connectivity index (χ2v) is 3.80. The van der Waals surface area contributed by atoms with Gasteiger partial charge < -0.3 is 10.1 Å². The Bertz CT molecular complexity index is 332. The standard InChI is InChI=1S/C13H19NO2/c1-4-11-5-7-12(8-6-11)9-14-10(2)13(15)16-3/h5-8,10,14H,4,9H2,1-3H3/t10-/m0/s1. The highest BCUT2D eigenvalue weighted by molar-refractivity contribution is 5.75. The molecule has 1 atom stereocenters. The molecule has 0 radical (unpaired) electrons. The molecule has 0 saturated heterocycles. The molecule has 0 spiro atoms. The fraction of sp³-hybridized carbons (Fsp3) is 0.462. The zero-order valence-corrected chi connectivity index (χ0v) is 10.1. The van der Waals surface area contributed by atoms with E-state index in [1.807, 2.05) is 0 Å². The molecule has 0 fully saturated rings. The first-order valence-corrected chi connectivity index (χ1v) is 5.56. The van der Waals surface area contributed by atoms with Crippen LogP contribution in [0.3, 0.4) is 0 Å². The number of methoxy groups -OCH3 is 1. The van der Waals surface area contributed by atoms with Crippen LogP contribution in [0.15, 0.2) is 24.3 Å². The molecule has 16 heavy (non-hydrogen) atoms. The predicted octanol–water partition coefficient (Wildman–Crippen LogP) is 1.90. The van der Waals surface area contributed by atoms with Crippen LogP contribution in [-0.2, 0) is 22.5 Å². The molecule has 0 heterocycles. The van der Waals surface area contributed by atoms with Gasteiger partial charge in [-0.1, -0.05) is 31.2 Å². The molecule has 1 N–H and O–H groups in total. The molecule has 1 rings (SSSR count). The Morgan fingerprint density at radius 2 is 1.88 bits per heavy atom. The molecule has 3 nitrogen and oxygen atoms in total. The highest BCUT2D eigenvalue weighted by Crippen LogP contribution is 2.05. The van der Waals surface area contributed by atoms with Gasteiger partial charge in [0.25, 0.3) is 0 Å². The average molecular weight is 221 g/mol. The van der Waals surface area contributed by atoms with E-state index in [2.05, 4.69) is 41.2 Å². The number of benzene rings is 1. The molecular formula is C13H19NO2. The van der Waals surface area contributed by atoms with Gasteiger partial charge in [-0.15, -0.1) is 0 Å². The number of esters is 1. The molecule has 0 amide bonds. The molecule has 0 aromatic heterocycles. The lowest BCUT2D eigenvalue weighted by Crippen LogP contribution is -2.34. The fourth-order valence-corrected chi connectivity index (χ4v) is 1.42. The zero-order valence-electron chi connectivity index (χ0n) is 10.1. The predicted molar refractivity (Wildman–Crippen MR) is 64.1 cm³/mol. The van der Waals surface area contributed by atoms with Gasteiger partial charge >= 0.3 is 5.97 Å². The minimum Gasteiger partial charge on any atom is -0.468 e. The van der Waals surface area contributed by atoms with Crippen LogP contribution < -0.4 is 5.32 Å². The second kappa shape index (κ2) is 6.28. The summed E-state index contributed by atoms with van der Waals surface area (Å²) in [6.45, 7) is 4.61. The van der Waals surface area contributed by atoms with Crippen LogP contribution >= 0.6 is 0 Å². The first kappa shape index (κ1) is 12.7. The Morgan fingerprint density at radius 3 is 2.38 bits per heavy atom. The maximum Gasteiger partial charge on any atom is 0.322 e. The lowest BCUT2D eigenvalue weighted by molar-refractivity contribution is -0.142. The Kier molecular flexibility index (Phi) is 4.99. The van der Waals surface area contributed by atoms with Gasteiger partial charge in [0.1, 0.15) is 6.04 Å². The topological polar surface area (TPSA) is 38.3 Å². The monoisotopic (exact) mass is 221 g/mol. The summed E-state index contributed by atoms with van der Waals surface area (Å²) in [5, 5.41) is 3.11. The largest absolute Gasteiger partial charge is 0.468 e. The van der Waals surface area contributed by atoms with Gasteiger partial charge in [0, 0.05) is 6.54 Å². The highest BCUT2D eigenvalue weighted by atomic mass is 16.5. The van der Waals surface area contributed by atoms with E-state index in [0.717, 1.165) is 6.42 Å². The average Bonchev–Trinajstić information content (AvgIpc) is 2.35. The molecule has 0 saturated carbocycles. The van der Waals surface area contributed by atoms with Crippen LogP contribution in [0.1, 0.15) is 25.0 Å². The van der Waals surface area contributed by atoms with Crippen molar-refractivity contribution < 1.29 is 9.53 Å². The van der Waals surface area contributed by atoms with Crippen molar-refractivity contribution in [3.05, 3.63) is 35.4 Å². The molecular weight excluding hydrogens is 202 g/mol. The summed E-state index contributed by atoms with van der Waals surface area (Å²) in [7, 11) is 1.40. The maximum absolute atomic E-state index is 11.1. The summed E-state index contributed by atoms with van der Waals surface area (Å²) >= 11 is 0. The third kappa shape index (κ3) is 3.66. The molecule has 0 aliphatic heterocycles. The van der Waals surface area contributed by atoms with Crippen molar-refractivity contribution in [2.45, 2.75) is 32.9 Å². The quantitative estimate of drug-likeness (QED) is 0.772. The molecule has 88 valence electrons. The third-order valence-electron chi connectivity index (χ3n) is 2.60. The summed E-state index contributed by atoms with van der Waals surface area (Å²) < 4.78 is 4.64. The molecule has 0 bridgehead atoms. The Labute approximate surface area is 96.8 Å². The number of carbonyl (C=O) groups is 1. The Morgan fingerprint density at radius 1 is 1.31 bits per heavy atom. The number of hydrogen-bond donors (Lipinski definition) is 1. The number of rotatable bonds is 5. The smallest absolute Gasteiger partial charge is 0.322 e. The SMILES string of the molecule is CCc1ccc(CN[C@@H](C)C(=O)OC)cc1.